The van der Waals surface area contributed by atoms with E-state index < -0.39 is 17.5 Å². The minimum Gasteiger partial charge on any atom is -0.334 e. The Bertz CT molecular complexity index is 1010. The quantitative estimate of drug-likeness (QED) is 0.701. The Morgan fingerprint density at radius 3 is 2.85 bits per heavy atom. The summed E-state index contributed by atoms with van der Waals surface area (Å²) in [4.78, 5) is 18.3. The Labute approximate surface area is 147 Å². The molecule has 2 aromatic heterocycles. The van der Waals surface area contributed by atoms with Gasteiger partial charge in [0.25, 0.3) is 11.8 Å². The van der Waals surface area contributed by atoms with Crippen LogP contribution in [0.3, 0.4) is 0 Å². The van der Waals surface area contributed by atoms with Crippen LogP contribution in [0.25, 0.3) is 11.6 Å². The van der Waals surface area contributed by atoms with Crippen molar-refractivity contribution in [3.8, 4) is 11.6 Å². The second-order valence-electron chi connectivity index (χ2n) is 6.15. The second kappa shape index (κ2) is 6.01. The van der Waals surface area contributed by atoms with Gasteiger partial charge < -0.3 is 9.42 Å². The highest BCUT2D eigenvalue weighted by Crippen LogP contribution is 2.29. The molecule has 0 N–H and O–H groups in total. The Morgan fingerprint density at radius 1 is 1.31 bits per heavy atom. The third-order valence-electron chi connectivity index (χ3n) is 4.42. The van der Waals surface area contributed by atoms with Crippen molar-refractivity contribution in [1.82, 2.24) is 24.8 Å². The number of nitrogens with zero attached hydrogens (tertiary/aromatic N) is 5. The number of hydrogen-bond acceptors (Lipinski definition) is 5. The molecule has 26 heavy (non-hydrogen) atoms. The number of amides is 1. The van der Waals surface area contributed by atoms with Crippen LogP contribution in [-0.4, -0.2) is 37.3 Å². The van der Waals surface area contributed by atoms with E-state index in [1.54, 1.807) is 18.7 Å². The van der Waals surface area contributed by atoms with E-state index in [2.05, 4.69) is 15.2 Å². The summed E-state index contributed by atoms with van der Waals surface area (Å²) >= 11 is 0. The molecule has 4 rings (SSSR count). The molecule has 0 fully saturated rings. The zero-order valence-corrected chi connectivity index (χ0v) is 14.2. The van der Waals surface area contributed by atoms with Crippen LogP contribution >= 0.6 is 0 Å². The number of carbonyl (C=O) groups excluding carboxylic acids is 1. The molecule has 134 valence electrons. The average molecular weight is 359 g/mol. The number of fused-ring (bicyclic) bond motifs is 1. The van der Waals surface area contributed by atoms with Gasteiger partial charge in [0.05, 0.1) is 12.1 Å². The number of benzene rings is 1. The van der Waals surface area contributed by atoms with Gasteiger partial charge in [-0.05, 0) is 25.1 Å². The molecule has 7 nitrogen and oxygen atoms in total. The maximum atomic E-state index is 14.0. The van der Waals surface area contributed by atoms with Crippen LogP contribution in [0.4, 0.5) is 8.78 Å². The average Bonchev–Trinajstić information content (AvgIpc) is 3.19. The van der Waals surface area contributed by atoms with E-state index in [4.69, 9.17) is 4.52 Å². The summed E-state index contributed by atoms with van der Waals surface area (Å²) in [5.74, 6) is -1.23. The molecular formula is C17H15F2N5O2. The largest absolute Gasteiger partial charge is 0.334 e. The van der Waals surface area contributed by atoms with E-state index in [1.165, 1.54) is 4.90 Å². The van der Waals surface area contributed by atoms with Crippen LogP contribution in [0.2, 0.25) is 0 Å². The molecule has 0 spiro atoms. The molecule has 3 heterocycles. The van der Waals surface area contributed by atoms with Gasteiger partial charge in [-0.25, -0.2) is 8.78 Å². The summed E-state index contributed by atoms with van der Waals surface area (Å²) in [6, 6.07) is 2.85. The highest BCUT2D eigenvalue weighted by atomic mass is 19.1. The van der Waals surface area contributed by atoms with Gasteiger partial charge in [0, 0.05) is 31.3 Å². The third kappa shape index (κ3) is 2.65. The summed E-state index contributed by atoms with van der Waals surface area (Å²) in [7, 11) is 1.80. The number of aromatic nitrogens is 4. The van der Waals surface area contributed by atoms with Crippen LogP contribution < -0.4 is 0 Å². The molecule has 0 saturated carbocycles. The first-order valence-electron chi connectivity index (χ1n) is 8.04. The van der Waals surface area contributed by atoms with Crippen molar-refractivity contribution in [2.24, 2.45) is 7.05 Å². The molecule has 3 aromatic rings. The van der Waals surface area contributed by atoms with E-state index >= 15 is 0 Å². The monoisotopic (exact) mass is 359 g/mol. The maximum absolute atomic E-state index is 14.0. The minimum atomic E-state index is -0.749. The molecule has 9 heteroatoms. The van der Waals surface area contributed by atoms with Gasteiger partial charge in [-0.1, -0.05) is 5.16 Å². The molecule has 0 radical (unpaired) electrons. The fourth-order valence-corrected chi connectivity index (χ4v) is 3.16. The van der Waals surface area contributed by atoms with Crippen LogP contribution in [0.1, 0.15) is 27.4 Å². The molecule has 0 bridgehead atoms. The van der Waals surface area contributed by atoms with Crippen molar-refractivity contribution in [3.63, 3.8) is 0 Å². The van der Waals surface area contributed by atoms with Gasteiger partial charge in [-0.15, -0.1) is 0 Å². The smallest absolute Gasteiger partial charge is 0.278 e. The zero-order chi connectivity index (χ0) is 18.4. The lowest BCUT2D eigenvalue weighted by molar-refractivity contribution is 0.0728. The Morgan fingerprint density at radius 2 is 2.12 bits per heavy atom. The van der Waals surface area contributed by atoms with Gasteiger partial charge in [0.15, 0.2) is 11.5 Å². The lowest BCUT2D eigenvalue weighted by Gasteiger charge is -2.27. The zero-order valence-electron chi connectivity index (χ0n) is 14.2. The van der Waals surface area contributed by atoms with Crippen LogP contribution in [0.5, 0.6) is 0 Å². The van der Waals surface area contributed by atoms with E-state index in [0.717, 1.165) is 29.5 Å². The lowest BCUT2D eigenvalue weighted by atomic mass is 10.0. The van der Waals surface area contributed by atoms with Gasteiger partial charge in [-0.2, -0.15) is 10.1 Å². The number of halogens is 2. The van der Waals surface area contributed by atoms with Gasteiger partial charge in [-0.3, -0.25) is 9.48 Å². The Hall–Kier alpha value is -3.10. The third-order valence-corrected chi connectivity index (χ3v) is 4.42. The lowest BCUT2D eigenvalue weighted by Crippen LogP contribution is -2.36. The normalized spacial score (nSPS) is 13.8. The SMILES string of the molecule is Cc1noc(-c2nn(C)c3c2CN(C(=O)c2cc(F)ccc2F)CC3)n1. The highest BCUT2D eigenvalue weighted by molar-refractivity contribution is 5.94. The second-order valence-corrected chi connectivity index (χ2v) is 6.15. The van der Waals surface area contributed by atoms with Crippen LogP contribution in [-0.2, 0) is 20.0 Å². The fourth-order valence-electron chi connectivity index (χ4n) is 3.16. The maximum Gasteiger partial charge on any atom is 0.278 e. The highest BCUT2D eigenvalue weighted by Gasteiger charge is 2.30. The fraction of sp³-hybridized carbons (Fsp3) is 0.294. The number of aryl methyl sites for hydroxylation is 2. The van der Waals surface area contributed by atoms with Crippen molar-refractivity contribution < 1.29 is 18.1 Å². The summed E-state index contributed by atoms with van der Waals surface area (Å²) in [6.45, 7) is 2.28. The Balaban J connectivity index is 1.69. The number of hydrogen-bond donors (Lipinski definition) is 0. The first kappa shape index (κ1) is 16.4. The van der Waals surface area contributed by atoms with E-state index in [-0.39, 0.29) is 18.0 Å². The van der Waals surface area contributed by atoms with E-state index in [9.17, 15) is 13.6 Å². The van der Waals surface area contributed by atoms with Crippen molar-refractivity contribution in [3.05, 3.63) is 52.5 Å². The van der Waals surface area contributed by atoms with E-state index in [1.807, 2.05) is 0 Å². The van der Waals surface area contributed by atoms with Crippen LogP contribution in [0.15, 0.2) is 22.7 Å². The number of carbonyl (C=O) groups is 1. The minimum absolute atomic E-state index is 0.203. The molecule has 0 unspecified atom stereocenters. The summed E-state index contributed by atoms with van der Waals surface area (Å²) in [5, 5.41) is 8.19. The van der Waals surface area contributed by atoms with Crippen molar-refractivity contribution in [1.29, 1.82) is 0 Å². The summed E-state index contributed by atoms with van der Waals surface area (Å²) < 4.78 is 34.3. The topological polar surface area (TPSA) is 77.0 Å². The molecule has 0 atom stereocenters. The number of rotatable bonds is 2. The molecular weight excluding hydrogens is 344 g/mol. The van der Waals surface area contributed by atoms with Crippen LogP contribution in [0, 0.1) is 18.6 Å². The Kier molecular flexibility index (Phi) is 3.78. The van der Waals surface area contributed by atoms with Gasteiger partial charge >= 0.3 is 0 Å². The summed E-state index contributed by atoms with van der Waals surface area (Å²) in [5.41, 5.74) is 1.93. The van der Waals surface area contributed by atoms with Crippen molar-refractivity contribution >= 4 is 5.91 Å². The standard InChI is InChI=1S/C17H15F2N5O2/c1-9-20-16(26-22-9)15-12-8-24(6-5-14(12)23(2)21-15)17(25)11-7-10(18)3-4-13(11)19/h3-4,7H,5-6,8H2,1-2H3. The first-order valence-corrected chi connectivity index (χ1v) is 8.04. The molecule has 0 saturated heterocycles. The molecule has 1 aliphatic rings. The molecule has 1 aliphatic heterocycles. The van der Waals surface area contributed by atoms with Gasteiger partial charge in [0.1, 0.15) is 11.6 Å². The molecule has 1 aromatic carbocycles. The molecule has 1 amide bonds. The van der Waals surface area contributed by atoms with Crippen molar-refractivity contribution in [2.75, 3.05) is 6.54 Å². The predicted octanol–water partition coefficient (Wildman–Crippen LogP) is 2.26. The summed E-state index contributed by atoms with van der Waals surface area (Å²) in [6.07, 6.45) is 0.536. The van der Waals surface area contributed by atoms with Crippen molar-refractivity contribution in [2.45, 2.75) is 19.9 Å². The van der Waals surface area contributed by atoms with E-state index in [0.29, 0.717) is 24.5 Å². The predicted molar refractivity (Wildman–Crippen MR) is 86.0 cm³/mol. The van der Waals surface area contributed by atoms with Gasteiger partial charge in [0.2, 0.25) is 0 Å². The first-order chi connectivity index (χ1) is 12.4. The molecule has 0 aliphatic carbocycles.